The molecule has 0 atom stereocenters. The van der Waals surface area contributed by atoms with Crippen LogP contribution in [-0.2, 0) is 11.3 Å². The van der Waals surface area contributed by atoms with Gasteiger partial charge in [0, 0.05) is 0 Å². The second-order valence-corrected chi connectivity index (χ2v) is 4.74. The smallest absolute Gasteiger partial charge is 0.377 e. The van der Waals surface area contributed by atoms with E-state index in [1.807, 2.05) is 0 Å². The molecule has 24 heavy (non-hydrogen) atoms. The number of hydrogen-bond donors (Lipinski definition) is 0. The summed E-state index contributed by atoms with van der Waals surface area (Å²) in [5.41, 5.74) is 1.50. The highest BCUT2D eigenvalue weighted by atomic mass is 19.1. The van der Waals surface area contributed by atoms with E-state index < -0.39 is 11.8 Å². The molecule has 0 aliphatic carbocycles. The Labute approximate surface area is 135 Å². The number of carbonyl (C=O) groups is 1. The molecule has 0 radical (unpaired) electrons. The Morgan fingerprint density at radius 2 is 2.12 bits per heavy atom. The van der Waals surface area contributed by atoms with Gasteiger partial charge in [-0.1, -0.05) is 5.16 Å². The van der Waals surface area contributed by atoms with Gasteiger partial charge in [-0.25, -0.2) is 9.18 Å². The van der Waals surface area contributed by atoms with E-state index >= 15 is 0 Å². The maximum absolute atomic E-state index is 13.0. The molecule has 0 aliphatic heterocycles. The molecule has 0 aromatic carbocycles. The number of aryl methyl sites for hydroxylation is 1. The van der Waals surface area contributed by atoms with Crippen LogP contribution in [0.1, 0.15) is 21.9 Å². The zero-order valence-corrected chi connectivity index (χ0v) is 12.8. The first-order chi connectivity index (χ1) is 11.6. The molecule has 0 aliphatic rings. The van der Waals surface area contributed by atoms with Crippen LogP contribution in [0, 0.1) is 12.7 Å². The number of methoxy groups -OCH3 is 1. The average molecular weight is 333 g/mol. The number of pyridine rings is 1. The number of halogens is 1. The van der Waals surface area contributed by atoms with Crippen LogP contribution in [0.2, 0.25) is 0 Å². The number of carbonyl (C=O) groups excluding carboxylic acids is 1. The number of ether oxygens (including phenoxy) is 2. The minimum Gasteiger partial charge on any atom is -0.470 e. The van der Waals surface area contributed by atoms with E-state index in [4.69, 9.17) is 13.8 Å². The third-order valence-corrected chi connectivity index (χ3v) is 3.19. The summed E-state index contributed by atoms with van der Waals surface area (Å²) in [6, 6.07) is 4.07. The monoisotopic (exact) mass is 333 g/mol. The van der Waals surface area contributed by atoms with Gasteiger partial charge in [-0.15, -0.1) is 0 Å². The average Bonchev–Trinajstić information content (AvgIpc) is 3.20. The van der Waals surface area contributed by atoms with E-state index in [9.17, 15) is 9.18 Å². The molecular formula is C15H12FN3O5. The summed E-state index contributed by atoms with van der Waals surface area (Å²) in [5.74, 6) is -0.554. The maximum atomic E-state index is 13.0. The lowest BCUT2D eigenvalue weighted by atomic mass is 10.1. The molecule has 3 heterocycles. The van der Waals surface area contributed by atoms with Crippen LogP contribution in [0.5, 0.6) is 5.88 Å². The highest BCUT2D eigenvalue weighted by Gasteiger charge is 2.18. The molecule has 3 aromatic heterocycles. The van der Waals surface area contributed by atoms with E-state index in [0.717, 1.165) is 6.20 Å². The van der Waals surface area contributed by atoms with Crippen LogP contribution >= 0.6 is 0 Å². The fraction of sp³-hybridized carbons (Fsp3) is 0.200. The Hall–Kier alpha value is -3.23. The molecular weight excluding hydrogens is 321 g/mol. The van der Waals surface area contributed by atoms with E-state index in [1.165, 1.54) is 25.3 Å². The van der Waals surface area contributed by atoms with Crippen LogP contribution in [0.15, 0.2) is 33.4 Å². The molecule has 0 N–H and O–H groups in total. The molecule has 3 rings (SSSR count). The van der Waals surface area contributed by atoms with Crippen molar-refractivity contribution in [3.63, 3.8) is 0 Å². The summed E-state index contributed by atoms with van der Waals surface area (Å²) in [6.07, 6.45) is 1.09. The second-order valence-electron chi connectivity index (χ2n) is 4.74. The molecule has 0 amide bonds. The van der Waals surface area contributed by atoms with Gasteiger partial charge in [0.15, 0.2) is 0 Å². The van der Waals surface area contributed by atoms with Gasteiger partial charge in [0.25, 0.3) is 5.88 Å². The highest BCUT2D eigenvalue weighted by Crippen LogP contribution is 2.25. The van der Waals surface area contributed by atoms with Crippen molar-refractivity contribution in [3.05, 3.63) is 47.3 Å². The number of rotatable bonds is 5. The summed E-state index contributed by atoms with van der Waals surface area (Å²) < 4.78 is 32.9. The third kappa shape index (κ3) is 3.09. The van der Waals surface area contributed by atoms with Crippen molar-refractivity contribution in [2.45, 2.75) is 13.5 Å². The van der Waals surface area contributed by atoms with Gasteiger partial charge in [0.1, 0.15) is 23.9 Å². The summed E-state index contributed by atoms with van der Waals surface area (Å²) in [6.45, 7) is 1.76. The molecule has 0 bridgehead atoms. The Balaban J connectivity index is 1.78. The van der Waals surface area contributed by atoms with Gasteiger partial charge in [-0.2, -0.15) is 0 Å². The standard InChI is InChI=1S/C15H12FN3O5/c1-8-10(7-22-13-5-12(24-18-13)15(20)21-2)14(19-23-8)11-4-3-9(16)6-17-11/h3-6H,7H2,1-2H3. The number of hydrogen-bond acceptors (Lipinski definition) is 8. The molecule has 0 saturated carbocycles. The summed E-state index contributed by atoms with van der Waals surface area (Å²) in [4.78, 5) is 15.3. The van der Waals surface area contributed by atoms with Crippen LogP contribution in [0.4, 0.5) is 4.39 Å². The topological polar surface area (TPSA) is 100 Å². The van der Waals surface area contributed by atoms with E-state index in [1.54, 1.807) is 6.92 Å². The third-order valence-electron chi connectivity index (χ3n) is 3.19. The number of esters is 1. The number of nitrogens with zero attached hydrogens (tertiary/aromatic N) is 3. The lowest BCUT2D eigenvalue weighted by molar-refractivity contribution is 0.0554. The van der Waals surface area contributed by atoms with Crippen LogP contribution in [0.3, 0.4) is 0 Å². The number of aromatic nitrogens is 3. The minimum atomic E-state index is -0.658. The highest BCUT2D eigenvalue weighted by molar-refractivity contribution is 5.86. The molecule has 0 unspecified atom stereocenters. The molecule has 0 spiro atoms. The fourth-order valence-electron chi connectivity index (χ4n) is 1.95. The largest absolute Gasteiger partial charge is 0.470 e. The maximum Gasteiger partial charge on any atom is 0.377 e. The van der Waals surface area contributed by atoms with E-state index in [-0.39, 0.29) is 18.2 Å². The SMILES string of the molecule is COC(=O)c1cc(OCc2c(-c3ccc(F)cn3)noc2C)no1. The molecule has 0 saturated heterocycles. The summed E-state index contributed by atoms with van der Waals surface area (Å²) in [7, 11) is 1.23. The fourth-order valence-corrected chi connectivity index (χ4v) is 1.95. The summed E-state index contributed by atoms with van der Waals surface area (Å²) in [5, 5.41) is 7.53. The van der Waals surface area contributed by atoms with Gasteiger partial charge < -0.3 is 18.5 Å². The van der Waals surface area contributed by atoms with Crippen molar-refractivity contribution in [1.29, 1.82) is 0 Å². The second kappa shape index (κ2) is 6.49. The molecule has 8 nitrogen and oxygen atoms in total. The summed E-state index contributed by atoms with van der Waals surface area (Å²) >= 11 is 0. The normalized spacial score (nSPS) is 10.6. The minimum absolute atomic E-state index is 0.0524. The first-order valence-electron chi connectivity index (χ1n) is 6.83. The van der Waals surface area contributed by atoms with Gasteiger partial charge in [0.2, 0.25) is 5.76 Å². The first-order valence-corrected chi connectivity index (χ1v) is 6.83. The Morgan fingerprint density at radius 1 is 1.29 bits per heavy atom. The zero-order valence-electron chi connectivity index (χ0n) is 12.8. The van der Waals surface area contributed by atoms with Crippen LogP contribution < -0.4 is 4.74 Å². The zero-order chi connectivity index (χ0) is 17.1. The van der Waals surface area contributed by atoms with Crippen LogP contribution in [-0.4, -0.2) is 28.4 Å². The van der Waals surface area contributed by atoms with Crippen molar-refractivity contribution in [2.75, 3.05) is 7.11 Å². The van der Waals surface area contributed by atoms with Gasteiger partial charge in [0.05, 0.1) is 30.6 Å². The van der Waals surface area contributed by atoms with Crippen LogP contribution in [0.25, 0.3) is 11.4 Å². The van der Waals surface area contributed by atoms with Crippen molar-refractivity contribution < 1.29 is 27.7 Å². The Morgan fingerprint density at radius 3 is 2.83 bits per heavy atom. The predicted molar refractivity (Wildman–Crippen MR) is 76.6 cm³/mol. The predicted octanol–water partition coefficient (Wildman–Crippen LogP) is 2.54. The first kappa shape index (κ1) is 15.7. The Bertz CT molecular complexity index is 856. The van der Waals surface area contributed by atoms with Crippen molar-refractivity contribution >= 4 is 5.97 Å². The quantitative estimate of drug-likeness (QED) is 0.657. The lowest BCUT2D eigenvalue weighted by Gasteiger charge is -2.03. The van der Waals surface area contributed by atoms with E-state index in [2.05, 4.69) is 20.0 Å². The van der Waals surface area contributed by atoms with Crippen molar-refractivity contribution in [2.24, 2.45) is 0 Å². The van der Waals surface area contributed by atoms with Crippen molar-refractivity contribution in [3.8, 4) is 17.3 Å². The Kier molecular flexibility index (Phi) is 4.23. The van der Waals surface area contributed by atoms with Gasteiger partial charge >= 0.3 is 5.97 Å². The molecule has 3 aromatic rings. The van der Waals surface area contributed by atoms with Gasteiger partial charge in [-0.3, -0.25) is 4.98 Å². The lowest BCUT2D eigenvalue weighted by Crippen LogP contribution is -2.00. The molecule has 9 heteroatoms. The van der Waals surface area contributed by atoms with E-state index in [0.29, 0.717) is 22.7 Å². The molecule has 124 valence electrons. The molecule has 0 fully saturated rings. The van der Waals surface area contributed by atoms with Crippen molar-refractivity contribution in [1.82, 2.24) is 15.3 Å². The van der Waals surface area contributed by atoms with Gasteiger partial charge in [-0.05, 0) is 24.2 Å².